The van der Waals surface area contributed by atoms with E-state index in [-0.39, 0.29) is 5.97 Å². The molecular formula is C10H15N3O2. The van der Waals surface area contributed by atoms with E-state index in [1.807, 2.05) is 24.0 Å². The van der Waals surface area contributed by atoms with Crippen molar-refractivity contribution in [2.24, 2.45) is 0 Å². The van der Waals surface area contributed by atoms with E-state index in [2.05, 4.69) is 14.9 Å². The lowest BCUT2D eigenvalue weighted by molar-refractivity contribution is -0.140. The molecule has 0 saturated heterocycles. The number of nitrogens with zero attached hydrogens (tertiary/aromatic N) is 3. The molecule has 82 valence electrons. The Morgan fingerprint density at radius 1 is 1.60 bits per heavy atom. The summed E-state index contributed by atoms with van der Waals surface area (Å²) >= 11 is 0. The molecule has 1 aromatic rings. The monoisotopic (exact) mass is 209 g/mol. The zero-order chi connectivity index (χ0) is 11.1. The third-order valence-electron chi connectivity index (χ3n) is 2.08. The first kappa shape index (κ1) is 11.4. The molecule has 0 fully saturated rings. The van der Waals surface area contributed by atoms with E-state index in [4.69, 9.17) is 0 Å². The molecule has 5 heteroatoms. The number of carbonyl (C=O) groups excluding carboxylic acids is 1. The van der Waals surface area contributed by atoms with Gasteiger partial charge in [-0.25, -0.2) is 0 Å². The minimum Gasteiger partial charge on any atom is -0.469 e. The van der Waals surface area contributed by atoms with Crippen molar-refractivity contribution in [3.05, 3.63) is 18.3 Å². The summed E-state index contributed by atoms with van der Waals surface area (Å²) in [4.78, 5) is 13.0. The third-order valence-corrected chi connectivity index (χ3v) is 2.08. The van der Waals surface area contributed by atoms with Crippen LogP contribution < -0.4 is 4.90 Å². The summed E-state index contributed by atoms with van der Waals surface area (Å²) in [7, 11) is 1.39. The van der Waals surface area contributed by atoms with Crippen LogP contribution in [-0.2, 0) is 9.53 Å². The molecule has 0 aliphatic rings. The molecule has 0 atom stereocenters. The summed E-state index contributed by atoms with van der Waals surface area (Å²) in [5.41, 5.74) is 0. The molecule has 0 aliphatic heterocycles. The number of hydrogen-bond donors (Lipinski definition) is 0. The molecule has 0 N–H and O–H groups in total. The van der Waals surface area contributed by atoms with E-state index in [1.54, 1.807) is 6.20 Å². The second-order valence-corrected chi connectivity index (χ2v) is 2.99. The van der Waals surface area contributed by atoms with Crippen molar-refractivity contribution >= 4 is 11.8 Å². The number of anilines is 1. The van der Waals surface area contributed by atoms with Gasteiger partial charge in [-0.2, -0.15) is 5.10 Å². The second-order valence-electron chi connectivity index (χ2n) is 2.99. The molecule has 1 rings (SSSR count). The summed E-state index contributed by atoms with van der Waals surface area (Å²) in [6.45, 7) is 3.39. The maximum absolute atomic E-state index is 11.0. The van der Waals surface area contributed by atoms with Gasteiger partial charge in [0.25, 0.3) is 0 Å². The van der Waals surface area contributed by atoms with Crippen LogP contribution in [0, 0.1) is 0 Å². The van der Waals surface area contributed by atoms with E-state index in [0.29, 0.717) is 13.0 Å². The molecule has 0 amide bonds. The van der Waals surface area contributed by atoms with E-state index in [0.717, 1.165) is 12.4 Å². The van der Waals surface area contributed by atoms with E-state index >= 15 is 0 Å². The Morgan fingerprint density at radius 3 is 2.93 bits per heavy atom. The summed E-state index contributed by atoms with van der Waals surface area (Å²) in [6.07, 6.45) is 1.98. The highest BCUT2D eigenvalue weighted by atomic mass is 16.5. The van der Waals surface area contributed by atoms with Crippen LogP contribution in [0.25, 0.3) is 0 Å². The summed E-state index contributed by atoms with van der Waals surface area (Å²) in [6, 6.07) is 3.69. The number of hydrogen-bond acceptors (Lipinski definition) is 5. The molecule has 5 nitrogen and oxygen atoms in total. The van der Waals surface area contributed by atoms with Crippen LogP contribution in [0.4, 0.5) is 5.82 Å². The summed E-state index contributed by atoms with van der Waals surface area (Å²) < 4.78 is 4.58. The van der Waals surface area contributed by atoms with Crippen molar-refractivity contribution in [2.45, 2.75) is 13.3 Å². The molecule has 0 unspecified atom stereocenters. The van der Waals surface area contributed by atoms with Gasteiger partial charge in [0.15, 0.2) is 5.82 Å². The van der Waals surface area contributed by atoms with Crippen LogP contribution in [0.3, 0.4) is 0 Å². The van der Waals surface area contributed by atoms with Crippen molar-refractivity contribution in [3.63, 3.8) is 0 Å². The highest BCUT2D eigenvalue weighted by Gasteiger charge is 2.08. The Bertz CT molecular complexity index is 303. The van der Waals surface area contributed by atoms with Gasteiger partial charge in [0, 0.05) is 19.3 Å². The summed E-state index contributed by atoms with van der Waals surface area (Å²) in [5, 5.41) is 7.77. The van der Waals surface area contributed by atoms with Crippen LogP contribution in [0.2, 0.25) is 0 Å². The zero-order valence-corrected chi connectivity index (χ0v) is 9.01. The number of carbonyl (C=O) groups is 1. The zero-order valence-electron chi connectivity index (χ0n) is 9.01. The van der Waals surface area contributed by atoms with E-state index in [9.17, 15) is 4.79 Å². The molecule has 0 aromatic carbocycles. The first-order valence-electron chi connectivity index (χ1n) is 4.87. The van der Waals surface area contributed by atoms with Gasteiger partial charge >= 0.3 is 5.97 Å². The molecule has 15 heavy (non-hydrogen) atoms. The molecule has 1 aromatic heterocycles. The topological polar surface area (TPSA) is 55.3 Å². The Hall–Kier alpha value is -1.65. The lowest BCUT2D eigenvalue weighted by Gasteiger charge is -2.20. The largest absolute Gasteiger partial charge is 0.469 e. The molecule has 0 aliphatic carbocycles. The van der Waals surface area contributed by atoms with E-state index in [1.165, 1.54) is 7.11 Å². The predicted molar refractivity (Wildman–Crippen MR) is 56.6 cm³/mol. The van der Waals surface area contributed by atoms with Gasteiger partial charge in [-0.3, -0.25) is 4.79 Å². The normalized spacial score (nSPS) is 9.73. The van der Waals surface area contributed by atoms with Crippen LogP contribution in [-0.4, -0.2) is 36.4 Å². The Labute approximate surface area is 89.1 Å². The van der Waals surface area contributed by atoms with E-state index < -0.39 is 0 Å². The molecule has 0 radical (unpaired) electrons. The van der Waals surface area contributed by atoms with Crippen molar-refractivity contribution < 1.29 is 9.53 Å². The number of aromatic nitrogens is 2. The van der Waals surface area contributed by atoms with Gasteiger partial charge in [0.05, 0.1) is 13.5 Å². The average Bonchev–Trinajstić information content (AvgIpc) is 2.31. The Morgan fingerprint density at radius 2 is 2.40 bits per heavy atom. The van der Waals surface area contributed by atoms with Gasteiger partial charge in [-0.15, -0.1) is 5.10 Å². The van der Waals surface area contributed by atoms with Gasteiger partial charge < -0.3 is 9.64 Å². The Balaban J connectivity index is 2.53. The smallest absolute Gasteiger partial charge is 0.307 e. The maximum Gasteiger partial charge on any atom is 0.307 e. The van der Waals surface area contributed by atoms with Crippen molar-refractivity contribution in [1.82, 2.24) is 10.2 Å². The lowest BCUT2D eigenvalue weighted by Crippen LogP contribution is -2.27. The molecular weight excluding hydrogens is 194 g/mol. The second kappa shape index (κ2) is 5.95. The van der Waals surface area contributed by atoms with Crippen molar-refractivity contribution in [3.8, 4) is 0 Å². The van der Waals surface area contributed by atoms with Crippen LogP contribution in [0.1, 0.15) is 13.3 Å². The number of rotatable bonds is 5. The molecule has 0 saturated carbocycles. The number of esters is 1. The quantitative estimate of drug-likeness (QED) is 0.673. The van der Waals surface area contributed by atoms with Gasteiger partial charge in [-0.1, -0.05) is 0 Å². The SMILES string of the molecule is CCN(CCC(=O)OC)c1cccnn1. The van der Waals surface area contributed by atoms with Crippen molar-refractivity contribution in [1.29, 1.82) is 0 Å². The number of methoxy groups -OCH3 is 1. The minimum absolute atomic E-state index is 0.211. The fraction of sp³-hybridized carbons (Fsp3) is 0.500. The average molecular weight is 209 g/mol. The maximum atomic E-state index is 11.0. The van der Waals surface area contributed by atoms with Crippen LogP contribution in [0.15, 0.2) is 18.3 Å². The van der Waals surface area contributed by atoms with Gasteiger partial charge in [0.1, 0.15) is 0 Å². The minimum atomic E-state index is -0.211. The summed E-state index contributed by atoms with van der Waals surface area (Å²) in [5.74, 6) is 0.571. The predicted octanol–water partition coefficient (Wildman–Crippen LogP) is 0.866. The highest BCUT2D eigenvalue weighted by Crippen LogP contribution is 2.07. The number of ether oxygens (including phenoxy) is 1. The van der Waals surface area contributed by atoms with Crippen LogP contribution >= 0.6 is 0 Å². The fourth-order valence-electron chi connectivity index (χ4n) is 1.23. The molecule has 0 bridgehead atoms. The van der Waals surface area contributed by atoms with Crippen LogP contribution in [0.5, 0.6) is 0 Å². The standard InChI is InChI=1S/C10H15N3O2/c1-3-13(8-6-10(14)15-2)9-5-4-7-11-12-9/h4-5,7H,3,6,8H2,1-2H3. The first-order valence-corrected chi connectivity index (χ1v) is 4.87. The van der Waals surface area contributed by atoms with Crippen molar-refractivity contribution in [2.75, 3.05) is 25.1 Å². The third kappa shape index (κ3) is 3.53. The first-order chi connectivity index (χ1) is 7.27. The lowest BCUT2D eigenvalue weighted by atomic mass is 10.3. The van der Waals surface area contributed by atoms with Gasteiger partial charge in [-0.05, 0) is 19.1 Å². The van der Waals surface area contributed by atoms with Gasteiger partial charge in [0.2, 0.25) is 0 Å². The Kier molecular flexibility index (Phi) is 4.53. The molecule has 1 heterocycles. The molecule has 0 spiro atoms. The highest BCUT2D eigenvalue weighted by molar-refractivity contribution is 5.69. The fourth-order valence-corrected chi connectivity index (χ4v) is 1.23.